The largest absolute Gasteiger partial charge is 0.480 e. The van der Waals surface area contributed by atoms with Crippen molar-refractivity contribution < 1.29 is 14.6 Å². The molecule has 2 N–H and O–H groups in total. The fourth-order valence-electron chi connectivity index (χ4n) is 1.85. The second kappa shape index (κ2) is 4.95. The Balaban J connectivity index is 2.00. The van der Waals surface area contributed by atoms with E-state index in [2.05, 4.69) is 5.32 Å². The van der Waals surface area contributed by atoms with Gasteiger partial charge in [0.2, 0.25) is 0 Å². The van der Waals surface area contributed by atoms with Crippen molar-refractivity contribution in [1.29, 1.82) is 0 Å². The quantitative estimate of drug-likeness (QED) is 0.838. The summed E-state index contributed by atoms with van der Waals surface area (Å²) in [6.45, 7) is 1.51. The normalized spacial score (nSPS) is 25.5. The van der Waals surface area contributed by atoms with Gasteiger partial charge in [-0.1, -0.05) is 6.07 Å². The van der Waals surface area contributed by atoms with Crippen molar-refractivity contribution in [3.8, 4) is 0 Å². The fourth-order valence-corrected chi connectivity index (χ4v) is 2.49. The Labute approximate surface area is 98.2 Å². The monoisotopic (exact) mass is 241 g/mol. The van der Waals surface area contributed by atoms with Crippen LogP contribution in [-0.2, 0) is 16.1 Å². The van der Waals surface area contributed by atoms with Crippen LogP contribution in [0.3, 0.4) is 0 Å². The summed E-state index contributed by atoms with van der Waals surface area (Å²) in [6, 6.07) is 3.96. The highest BCUT2D eigenvalue weighted by Crippen LogP contribution is 2.21. The predicted molar refractivity (Wildman–Crippen MR) is 61.6 cm³/mol. The summed E-state index contributed by atoms with van der Waals surface area (Å²) in [6.07, 6.45) is 1.43. The van der Waals surface area contributed by atoms with Crippen LogP contribution < -0.4 is 5.32 Å². The van der Waals surface area contributed by atoms with Crippen LogP contribution in [0.1, 0.15) is 17.7 Å². The average Bonchev–Trinajstić information content (AvgIpc) is 2.80. The molecule has 1 aliphatic rings. The number of carboxylic acids is 1. The van der Waals surface area contributed by atoms with Crippen molar-refractivity contribution >= 4 is 17.3 Å². The lowest BCUT2D eigenvalue weighted by atomic mass is 9.92. The Hall–Kier alpha value is -0.910. The maximum atomic E-state index is 11.3. The van der Waals surface area contributed by atoms with Gasteiger partial charge in [0.25, 0.3) is 0 Å². The summed E-state index contributed by atoms with van der Waals surface area (Å²) in [5, 5.41) is 14.4. The van der Waals surface area contributed by atoms with Gasteiger partial charge in [-0.25, -0.2) is 0 Å². The Morgan fingerprint density at radius 3 is 3.12 bits per heavy atom. The van der Waals surface area contributed by atoms with Gasteiger partial charge < -0.3 is 9.84 Å². The van der Waals surface area contributed by atoms with Crippen LogP contribution in [0.25, 0.3) is 0 Å². The van der Waals surface area contributed by atoms with Gasteiger partial charge in [0.1, 0.15) is 5.54 Å². The summed E-state index contributed by atoms with van der Waals surface area (Å²) in [5.41, 5.74) is -0.901. The molecule has 1 atom stereocenters. The average molecular weight is 241 g/mol. The minimum atomic E-state index is -0.901. The first-order valence-electron chi connectivity index (χ1n) is 5.31. The summed E-state index contributed by atoms with van der Waals surface area (Å²) in [4.78, 5) is 12.4. The van der Waals surface area contributed by atoms with Crippen molar-refractivity contribution in [3.63, 3.8) is 0 Å². The molecule has 0 aromatic carbocycles. The van der Waals surface area contributed by atoms with E-state index in [4.69, 9.17) is 4.74 Å². The molecule has 2 rings (SSSR count). The third kappa shape index (κ3) is 2.42. The zero-order valence-corrected chi connectivity index (χ0v) is 9.76. The summed E-state index contributed by atoms with van der Waals surface area (Å²) >= 11 is 1.63. The Bertz CT molecular complexity index is 344. The number of hydrogen-bond acceptors (Lipinski definition) is 4. The van der Waals surface area contributed by atoms with Crippen LogP contribution in [0.4, 0.5) is 0 Å². The minimum Gasteiger partial charge on any atom is -0.480 e. The molecule has 0 bridgehead atoms. The molecular formula is C11H15NO3S. The van der Waals surface area contributed by atoms with E-state index >= 15 is 0 Å². The van der Waals surface area contributed by atoms with Crippen molar-refractivity contribution in [2.24, 2.45) is 0 Å². The first-order chi connectivity index (χ1) is 7.73. The highest BCUT2D eigenvalue weighted by molar-refractivity contribution is 7.09. The second-order valence-electron chi connectivity index (χ2n) is 3.98. The Kier molecular flexibility index (Phi) is 3.58. The van der Waals surface area contributed by atoms with Gasteiger partial charge >= 0.3 is 5.97 Å². The molecule has 0 spiro atoms. The first-order valence-corrected chi connectivity index (χ1v) is 6.19. The molecular weight excluding hydrogens is 226 g/mol. The van der Waals surface area contributed by atoms with Gasteiger partial charge in [-0.3, -0.25) is 10.1 Å². The van der Waals surface area contributed by atoms with Gasteiger partial charge in [-0.2, -0.15) is 0 Å². The van der Waals surface area contributed by atoms with Crippen LogP contribution in [-0.4, -0.2) is 29.8 Å². The summed E-state index contributed by atoms with van der Waals surface area (Å²) < 4.78 is 5.28. The van der Waals surface area contributed by atoms with Gasteiger partial charge in [0.15, 0.2) is 0 Å². The minimum absolute atomic E-state index is 0.258. The molecule has 88 valence electrons. The summed E-state index contributed by atoms with van der Waals surface area (Å²) in [5.74, 6) is -0.816. The first kappa shape index (κ1) is 11.6. The predicted octanol–water partition coefficient (Wildman–Crippen LogP) is 1.47. The Morgan fingerprint density at radius 2 is 2.56 bits per heavy atom. The Morgan fingerprint density at radius 1 is 1.69 bits per heavy atom. The molecule has 0 radical (unpaired) electrons. The number of rotatable bonds is 4. The van der Waals surface area contributed by atoms with Crippen LogP contribution in [0, 0.1) is 0 Å². The number of ether oxygens (including phenoxy) is 1. The van der Waals surface area contributed by atoms with E-state index in [0.717, 1.165) is 11.3 Å². The molecule has 1 saturated heterocycles. The van der Waals surface area contributed by atoms with E-state index < -0.39 is 11.5 Å². The molecule has 1 aromatic heterocycles. The zero-order chi connectivity index (χ0) is 11.4. The molecule has 2 heterocycles. The molecule has 1 aliphatic heterocycles. The van der Waals surface area contributed by atoms with E-state index in [1.54, 1.807) is 11.3 Å². The van der Waals surface area contributed by atoms with E-state index in [1.165, 1.54) is 0 Å². The van der Waals surface area contributed by atoms with Crippen LogP contribution in [0.15, 0.2) is 17.5 Å². The molecule has 16 heavy (non-hydrogen) atoms. The van der Waals surface area contributed by atoms with Crippen molar-refractivity contribution in [2.75, 3.05) is 13.2 Å². The van der Waals surface area contributed by atoms with Gasteiger partial charge in [0, 0.05) is 18.0 Å². The molecule has 0 amide bonds. The van der Waals surface area contributed by atoms with E-state index in [0.29, 0.717) is 19.6 Å². The molecule has 5 heteroatoms. The molecule has 4 nitrogen and oxygen atoms in total. The van der Waals surface area contributed by atoms with Gasteiger partial charge in [-0.15, -0.1) is 11.3 Å². The van der Waals surface area contributed by atoms with Gasteiger partial charge in [0.05, 0.1) is 6.61 Å². The molecule has 1 unspecified atom stereocenters. The fraction of sp³-hybridized carbons (Fsp3) is 0.545. The van der Waals surface area contributed by atoms with Crippen molar-refractivity contribution in [1.82, 2.24) is 5.32 Å². The number of thiophene rings is 1. The molecule has 1 aromatic rings. The lowest BCUT2D eigenvalue weighted by Crippen LogP contribution is -2.57. The zero-order valence-electron chi connectivity index (χ0n) is 8.94. The van der Waals surface area contributed by atoms with E-state index in [-0.39, 0.29) is 6.61 Å². The van der Waals surface area contributed by atoms with Crippen LogP contribution in [0.2, 0.25) is 0 Å². The molecule has 0 saturated carbocycles. The second-order valence-corrected chi connectivity index (χ2v) is 5.01. The molecule has 0 aliphatic carbocycles. The smallest absolute Gasteiger partial charge is 0.326 e. The standard InChI is InChI=1S/C11H15NO3S/c13-10(14)11(4-2-5-15-8-11)12-7-9-3-1-6-16-9/h1,3,6,12H,2,4-5,7-8H2,(H,13,14). The van der Waals surface area contributed by atoms with Crippen LogP contribution in [0.5, 0.6) is 0 Å². The highest BCUT2D eigenvalue weighted by atomic mass is 32.1. The number of hydrogen-bond donors (Lipinski definition) is 2. The lowest BCUT2D eigenvalue weighted by molar-refractivity contribution is -0.151. The van der Waals surface area contributed by atoms with E-state index in [9.17, 15) is 9.90 Å². The van der Waals surface area contributed by atoms with Crippen molar-refractivity contribution in [2.45, 2.75) is 24.9 Å². The number of carboxylic acid groups (broad SMARTS) is 1. The third-order valence-corrected chi connectivity index (χ3v) is 3.71. The number of aliphatic carboxylic acids is 1. The topological polar surface area (TPSA) is 58.6 Å². The highest BCUT2D eigenvalue weighted by Gasteiger charge is 2.40. The van der Waals surface area contributed by atoms with Crippen molar-refractivity contribution in [3.05, 3.63) is 22.4 Å². The summed E-state index contributed by atoms with van der Waals surface area (Å²) in [7, 11) is 0. The maximum absolute atomic E-state index is 11.3. The van der Waals surface area contributed by atoms with E-state index in [1.807, 2.05) is 17.5 Å². The van der Waals surface area contributed by atoms with Crippen LogP contribution >= 0.6 is 11.3 Å². The third-order valence-electron chi connectivity index (χ3n) is 2.83. The lowest BCUT2D eigenvalue weighted by Gasteiger charge is -2.33. The SMILES string of the molecule is O=C(O)C1(NCc2cccs2)CCCOC1. The number of nitrogens with one attached hydrogen (secondary N) is 1. The maximum Gasteiger partial charge on any atom is 0.326 e. The number of carbonyl (C=O) groups is 1. The molecule has 1 fully saturated rings. The van der Waals surface area contributed by atoms with Gasteiger partial charge in [-0.05, 0) is 24.3 Å².